The van der Waals surface area contributed by atoms with Gasteiger partial charge in [-0.1, -0.05) is 19.1 Å². The summed E-state index contributed by atoms with van der Waals surface area (Å²) >= 11 is 0. The molecule has 0 fully saturated rings. The van der Waals surface area contributed by atoms with Crippen LogP contribution in [0.3, 0.4) is 0 Å². The zero-order chi connectivity index (χ0) is 15.2. The van der Waals surface area contributed by atoms with Crippen molar-refractivity contribution < 1.29 is 14.7 Å². The monoisotopic (exact) mass is 276 g/mol. The van der Waals surface area contributed by atoms with Crippen LogP contribution in [-0.2, 0) is 9.59 Å². The standard InChI is InChI=1S/C15H20N2O3/c1-3-15(2,10-16)14(20)17-12-6-4-5-11(9-12)7-8-13(18)19/h4-9H,3,10,16H2,1-2H3,(H,17,20)(H,18,19)/b8-7+. The molecule has 20 heavy (non-hydrogen) atoms. The minimum Gasteiger partial charge on any atom is -0.478 e. The van der Waals surface area contributed by atoms with E-state index in [0.29, 0.717) is 17.7 Å². The molecular formula is C15H20N2O3. The first-order valence-corrected chi connectivity index (χ1v) is 6.44. The molecule has 1 aromatic carbocycles. The van der Waals surface area contributed by atoms with E-state index < -0.39 is 11.4 Å². The lowest BCUT2D eigenvalue weighted by Gasteiger charge is -2.25. The number of carbonyl (C=O) groups excluding carboxylic acids is 1. The van der Waals surface area contributed by atoms with Gasteiger partial charge in [0.25, 0.3) is 0 Å². The van der Waals surface area contributed by atoms with Gasteiger partial charge in [-0.2, -0.15) is 0 Å². The Morgan fingerprint density at radius 2 is 2.15 bits per heavy atom. The van der Waals surface area contributed by atoms with Gasteiger partial charge in [0.2, 0.25) is 5.91 Å². The number of hydrogen-bond acceptors (Lipinski definition) is 3. The highest BCUT2D eigenvalue weighted by Crippen LogP contribution is 2.22. The van der Waals surface area contributed by atoms with E-state index in [1.807, 2.05) is 13.8 Å². The molecule has 0 saturated carbocycles. The molecule has 0 saturated heterocycles. The third-order valence-electron chi connectivity index (χ3n) is 3.34. The quantitative estimate of drug-likeness (QED) is 0.694. The highest BCUT2D eigenvalue weighted by molar-refractivity contribution is 5.95. The molecule has 0 bridgehead atoms. The van der Waals surface area contributed by atoms with Gasteiger partial charge in [-0.25, -0.2) is 4.79 Å². The van der Waals surface area contributed by atoms with Crippen molar-refractivity contribution in [3.8, 4) is 0 Å². The molecule has 5 heteroatoms. The Kier molecular flexibility index (Phi) is 5.46. The van der Waals surface area contributed by atoms with Crippen LogP contribution in [0.2, 0.25) is 0 Å². The fraction of sp³-hybridized carbons (Fsp3) is 0.333. The van der Waals surface area contributed by atoms with Gasteiger partial charge in [-0.3, -0.25) is 4.79 Å². The Morgan fingerprint density at radius 3 is 2.70 bits per heavy atom. The summed E-state index contributed by atoms with van der Waals surface area (Å²) in [6.07, 6.45) is 3.17. The largest absolute Gasteiger partial charge is 0.478 e. The number of nitrogens with one attached hydrogen (secondary N) is 1. The first kappa shape index (κ1) is 15.9. The predicted molar refractivity (Wildman–Crippen MR) is 79.2 cm³/mol. The molecule has 0 aliphatic heterocycles. The molecule has 0 heterocycles. The fourth-order valence-electron chi connectivity index (χ4n) is 1.57. The SMILES string of the molecule is CCC(C)(CN)C(=O)Nc1cccc(/C=C/C(=O)O)c1. The van der Waals surface area contributed by atoms with Crippen molar-refractivity contribution in [2.45, 2.75) is 20.3 Å². The van der Waals surface area contributed by atoms with E-state index in [1.54, 1.807) is 24.3 Å². The topological polar surface area (TPSA) is 92.4 Å². The number of aliphatic carboxylic acids is 1. The zero-order valence-electron chi connectivity index (χ0n) is 11.7. The summed E-state index contributed by atoms with van der Waals surface area (Å²) in [6, 6.07) is 6.98. The van der Waals surface area contributed by atoms with Crippen molar-refractivity contribution >= 4 is 23.6 Å². The number of carbonyl (C=O) groups is 2. The second-order valence-corrected chi connectivity index (χ2v) is 4.87. The maximum Gasteiger partial charge on any atom is 0.328 e. The molecule has 1 unspecified atom stereocenters. The lowest BCUT2D eigenvalue weighted by molar-refractivity contribution is -0.131. The molecule has 108 valence electrons. The highest BCUT2D eigenvalue weighted by Gasteiger charge is 2.29. The highest BCUT2D eigenvalue weighted by atomic mass is 16.4. The number of hydrogen-bond donors (Lipinski definition) is 3. The number of carboxylic acid groups (broad SMARTS) is 1. The van der Waals surface area contributed by atoms with Crippen LogP contribution in [0.15, 0.2) is 30.3 Å². The second kappa shape index (κ2) is 6.86. The van der Waals surface area contributed by atoms with Crippen molar-refractivity contribution in [3.05, 3.63) is 35.9 Å². The lowest BCUT2D eigenvalue weighted by Crippen LogP contribution is -2.39. The summed E-state index contributed by atoms with van der Waals surface area (Å²) in [5.41, 5.74) is 6.37. The van der Waals surface area contributed by atoms with Gasteiger partial charge in [0, 0.05) is 18.3 Å². The number of benzene rings is 1. The molecule has 0 aliphatic carbocycles. The molecule has 1 aromatic rings. The van der Waals surface area contributed by atoms with Crippen LogP contribution < -0.4 is 11.1 Å². The number of anilines is 1. The Hall–Kier alpha value is -2.14. The molecule has 0 spiro atoms. The number of rotatable bonds is 6. The average molecular weight is 276 g/mol. The summed E-state index contributed by atoms with van der Waals surface area (Å²) in [6.45, 7) is 4.00. The van der Waals surface area contributed by atoms with Crippen LogP contribution in [0.4, 0.5) is 5.69 Å². The molecule has 0 radical (unpaired) electrons. The van der Waals surface area contributed by atoms with Crippen LogP contribution in [0.5, 0.6) is 0 Å². The average Bonchev–Trinajstić information content (AvgIpc) is 2.44. The summed E-state index contributed by atoms with van der Waals surface area (Å²) in [5, 5.41) is 11.4. The molecule has 5 nitrogen and oxygen atoms in total. The van der Waals surface area contributed by atoms with Crippen molar-refractivity contribution in [2.75, 3.05) is 11.9 Å². The van der Waals surface area contributed by atoms with E-state index in [4.69, 9.17) is 10.8 Å². The van der Waals surface area contributed by atoms with Crippen LogP contribution in [-0.4, -0.2) is 23.5 Å². The van der Waals surface area contributed by atoms with Gasteiger partial charge in [0.15, 0.2) is 0 Å². The smallest absolute Gasteiger partial charge is 0.328 e. The van der Waals surface area contributed by atoms with Crippen molar-refractivity contribution in [1.82, 2.24) is 0 Å². The van der Waals surface area contributed by atoms with E-state index in [-0.39, 0.29) is 12.5 Å². The van der Waals surface area contributed by atoms with Gasteiger partial charge >= 0.3 is 5.97 Å². The zero-order valence-corrected chi connectivity index (χ0v) is 11.7. The maximum absolute atomic E-state index is 12.2. The minimum absolute atomic E-state index is 0.137. The lowest BCUT2D eigenvalue weighted by atomic mass is 9.86. The van der Waals surface area contributed by atoms with Gasteiger partial charge in [0.1, 0.15) is 0 Å². The van der Waals surface area contributed by atoms with Gasteiger partial charge in [-0.15, -0.1) is 0 Å². The Bertz CT molecular complexity index is 520. The van der Waals surface area contributed by atoms with E-state index >= 15 is 0 Å². The number of nitrogens with two attached hydrogens (primary N) is 1. The third kappa shape index (κ3) is 4.20. The summed E-state index contributed by atoms with van der Waals surface area (Å²) < 4.78 is 0. The Labute approximate surface area is 118 Å². The van der Waals surface area contributed by atoms with Crippen LogP contribution in [0, 0.1) is 5.41 Å². The van der Waals surface area contributed by atoms with Crippen molar-refractivity contribution in [3.63, 3.8) is 0 Å². The van der Waals surface area contributed by atoms with Crippen LogP contribution >= 0.6 is 0 Å². The molecule has 1 amide bonds. The number of amides is 1. The molecular weight excluding hydrogens is 256 g/mol. The molecule has 1 rings (SSSR count). The van der Waals surface area contributed by atoms with Gasteiger partial charge in [-0.05, 0) is 37.1 Å². The summed E-state index contributed by atoms with van der Waals surface area (Å²) in [7, 11) is 0. The van der Waals surface area contributed by atoms with Crippen LogP contribution in [0.25, 0.3) is 6.08 Å². The van der Waals surface area contributed by atoms with Gasteiger partial charge < -0.3 is 16.2 Å². The third-order valence-corrected chi connectivity index (χ3v) is 3.34. The first-order valence-electron chi connectivity index (χ1n) is 6.44. The normalized spacial score (nSPS) is 13.9. The number of carboxylic acids is 1. The van der Waals surface area contributed by atoms with Crippen molar-refractivity contribution in [2.24, 2.45) is 11.1 Å². The van der Waals surface area contributed by atoms with E-state index in [0.717, 1.165) is 6.08 Å². The Morgan fingerprint density at radius 1 is 1.45 bits per heavy atom. The van der Waals surface area contributed by atoms with E-state index in [9.17, 15) is 9.59 Å². The molecule has 0 aromatic heterocycles. The summed E-state index contributed by atoms with van der Waals surface area (Å²) in [5.74, 6) is -1.15. The van der Waals surface area contributed by atoms with Gasteiger partial charge in [0.05, 0.1) is 5.41 Å². The minimum atomic E-state index is -1.01. The fourth-order valence-corrected chi connectivity index (χ4v) is 1.57. The first-order chi connectivity index (χ1) is 9.41. The van der Waals surface area contributed by atoms with E-state index in [2.05, 4.69) is 5.32 Å². The molecule has 0 aliphatic rings. The predicted octanol–water partition coefficient (Wildman–Crippen LogP) is 2.10. The second-order valence-electron chi connectivity index (χ2n) is 4.87. The van der Waals surface area contributed by atoms with Crippen molar-refractivity contribution in [1.29, 1.82) is 0 Å². The summed E-state index contributed by atoms with van der Waals surface area (Å²) in [4.78, 5) is 22.6. The maximum atomic E-state index is 12.2. The molecule has 4 N–H and O–H groups in total. The Balaban J connectivity index is 2.86. The molecule has 1 atom stereocenters. The van der Waals surface area contributed by atoms with Crippen LogP contribution in [0.1, 0.15) is 25.8 Å². The van der Waals surface area contributed by atoms with E-state index in [1.165, 1.54) is 6.08 Å².